The van der Waals surface area contributed by atoms with Crippen molar-refractivity contribution >= 4 is 0 Å². The summed E-state index contributed by atoms with van der Waals surface area (Å²) in [6.07, 6.45) is -4.61. The van der Waals surface area contributed by atoms with Gasteiger partial charge in [-0.3, -0.25) is 0 Å². The lowest BCUT2D eigenvalue weighted by atomic mass is 10.5. The molecule has 0 spiro atoms. The molecule has 0 saturated heterocycles. The average molecular weight is 211 g/mol. The van der Waals surface area contributed by atoms with Crippen LogP contribution in [0.4, 0.5) is 13.2 Å². The van der Waals surface area contributed by atoms with Gasteiger partial charge >= 0.3 is 12.1 Å². The molecule has 1 heterocycles. The number of rotatable bonds is 4. The maximum Gasteiger partial charge on any atom is 0.471 e. The van der Waals surface area contributed by atoms with Crippen molar-refractivity contribution in [3.63, 3.8) is 0 Å². The van der Waals surface area contributed by atoms with Gasteiger partial charge in [-0.15, -0.1) is 0 Å². The summed E-state index contributed by atoms with van der Waals surface area (Å²) in [6.45, 7) is 0.181. The number of aliphatic hydroxyl groups excluding tert-OH is 1. The molecule has 1 aromatic heterocycles. The summed E-state index contributed by atoms with van der Waals surface area (Å²) < 4.78 is 39.8. The largest absolute Gasteiger partial charge is 0.471 e. The van der Waals surface area contributed by atoms with Crippen molar-refractivity contribution in [2.24, 2.45) is 0 Å². The molecule has 0 bridgehead atoms. The van der Waals surface area contributed by atoms with E-state index in [0.717, 1.165) is 0 Å². The van der Waals surface area contributed by atoms with Gasteiger partial charge in [0.1, 0.15) is 0 Å². The molecule has 8 heteroatoms. The van der Waals surface area contributed by atoms with E-state index < -0.39 is 12.1 Å². The van der Waals surface area contributed by atoms with Crippen molar-refractivity contribution in [2.75, 3.05) is 13.2 Å². The maximum atomic E-state index is 11.9. The Kier molecular flexibility index (Phi) is 3.42. The van der Waals surface area contributed by atoms with Crippen LogP contribution in [0, 0.1) is 0 Å². The minimum Gasteiger partial charge on any atom is -0.395 e. The standard InChI is InChI=1S/C6H8F3N3O2/c7-6(8,9)5-11-4(12-14-5)3-10-1-2-13/h10,13H,1-3H2. The summed E-state index contributed by atoms with van der Waals surface area (Å²) in [5.41, 5.74) is 0. The molecule has 0 atom stereocenters. The lowest BCUT2D eigenvalue weighted by Gasteiger charge is -1.97. The van der Waals surface area contributed by atoms with Crippen molar-refractivity contribution in [2.45, 2.75) is 12.7 Å². The van der Waals surface area contributed by atoms with Gasteiger partial charge < -0.3 is 14.9 Å². The number of hydrogen-bond acceptors (Lipinski definition) is 5. The van der Waals surface area contributed by atoms with Gasteiger partial charge in [0.15, 0.2) is 5.82 Å². The molecule has 0 unspecified atom stereocenters. The molecule has 0 amide bonds. The van der Waals surface area contributed by atoms with Crippen LogP contribution in [0.15, 0.2) is 4.52 Å². The Labute approximate surface area is 76.9 Å². The van der Waals surface area contributed by atoms with Crippen molar-refractivity contribution in [3.05, 3.63) is 11.7 Å². The molecule has 2 N–H and O–H groups in total. The van der Waals surface area contributed by atoms with Crippen LogP contribution in [0.3, 0.4) is 0 Å². The fourth-order valence-corrected chi connectivity index (χ4v) is 0.720. The molecular weight excluding hydrogens is 203 g/mol. The summed E-state index contributed by atoms with van der Waals surface area (Å²) in [5, 5.41) is 14.1. The molecule has 1 rings (SSSR count). The molecule has 0 aromatic carbocycles. The number of nitrogens with one attached hydrogen (secondary N) is 1. The molecule has 0 fully saturated rings. The lowest BCUT2D eigenvalue weighted by molar-refractivity contribution is -0.159. The summed E-state index contributed by atoms with van der Waals surface area (Å²) in [5.74, 6) is -1.45. The number of nitrogens with zero attached hydrogens (tertiary/aromatic N) is 2. The summed E-state index contributed by atoms with van der Waals surface area (Å²) in [7, 11) is 0. The zero-order valence-electron chi connectivity index (χ0n) is 7.01. The van der Waals surface area contributed by atoms with Gasteiger partial charge in [0.05, 0.1) is 13.2 Å². The highest BCUT2D eigenvalue weighted by Crippen LogP contribution is 2.27. The fourth-order valence-electron chi connectivity index (χ4n) is 0.720. The van der Waals surface area contributed by atoms with E-state index in [1.165, 1.54) is 0 Å². The van der Waals surface area contributed by atoms with Gasteiger partial charge in [-0.2, -0.15) is 18.2 Å². The molecule has 0 saturated carbocycles. The first-order chi connectivity index (χ1) is 6.54. The SMILES string of the molecule is OCCNCc1noc(C(F)(F)F)n1. The zero-order valence-corrected chi connectivity index (χ0v) is 7.01. The van der Waals surface area contributed by atoms with E-state index in [1.54, 1.807) is 0 Å². The second-order valence-electron chi connectivity index (χ2n) is 2.41. The molecule has 14 heavy (non-hydrogen) atoms. The van der Waals surface area contributed by atoms with Gasteiger partial charge in [-0.05, 0) is 0 Å². The Balaban J connectivity index is 2.51. The smallest absolute Gasteiger partial charge is 0.395 e. The van der Waals surface area contributed by atoms with Crippen molar-refractivity contribution < 1.29 is 22.8 Å². The van der Waals surface area contributed by atoms with E-state index in [4.69, 9.17) is 5.11 Å². The third-order valence-corrected chi connectivity index (χ3v) is 1.28. The minimum atomic E-state index is -4.61. The van der Waals surface area contributed by atoms with Gasteiger partial charge in [-0.25, -0.2) is 0 Å². The van der Waals surface area contributed by atoms with E-state index in [9.17, 15) is 13.2 Å². The van der Waals surface area contributed by atoms with Gasteiger partial charge in [-0.1, -0.05) is 5.16 Å². The summed E-state index contributed by atoms with van der Waals surface area (Å²) in [4.78, 5) is 3.11. The molecule has 0 aliphatic heterocycles. The molecule has 5 nitrogen and oxygen atoms in total. The van der Waals surface area contributed by atoms with Crippen molar-refractivity contribution in [1.82, 2.24) is 15.5 Å². The number of halogens is 3. The Hall–Kier alpha value is -1.15. The van der Waals surface area contributed by atoms with Crippen molar-refractivity contribution in [3.8, 4) is 0 Å². The van der Waals surface area contributed by atoms with Crippen LogP contribution in [-0.4, -0.2) is 28.4 Å². The first kappa shape index (κ1) is 10.9. The van der Waals surface area contributed by atoms with Gasteiger partial charge in [0, 0.05) is 6.54 Å². The first-order valence-corrected chi connectivity index (χ1v) is 3.75. The highest BCUT2D eigenvalue weighted by molar-refractivity contribution is 4.89. The van der Waals surface area contributed by atoms with Crippen LogP contribution < -0.4 is 5.32 Å². The lowest BCUT2D eigenvalue weighted by Crippen LogP contribution is -2.18. The van der Waals surface area contributed by atoms with E-state index >= 15 is 0 Å². The predicted molar refractivity (Wildman–Crippen MR) is 38.1 cm³/mol. The van der Waals surface area contributed by atoms with Crippen LogP contribution in [0.25, 0.3) is 0 Å². The molecule has 0 aliphatic carbocycles. The van der Waals surface area contributed by atoms with Gasteiger partial charge in [0.2, 0.25) is 0 Å². The molecule has 80 valence electrons. The monoisotopic (exact) mass is 211 g/mol. The Morgan fingerprint density at radius 3 is 2.64 bits per heavy atom. The third kappa shape index (κ3) is 2.96. The quantitative estimate of drug-likeness (QED) is 0.694. The predicted octanol–water partition coefficient (Wildman–Crippen LogP) is 0.170. The second-order valence-corrected chi connectivity index (χ2v) is 2.41. The first-order valence-electron chi connectivity index (χ1n) is 3.75. The average Bonchev–Trinajstić information content (AvgIpc) is 2.52. The Morgan fingerprint density at radius 1 is 1.43 bits per heavy atom. The number of hydrogen-bond donors (Lipinski definition) is 2. The van der Waals surface area contributed by atoms with Crippen LogP contribution in [0.5, 0.6) is 0 Å². The van der Waals surface area contributed by atoms with Crippen molar-refractivity contribution in [1.29, 1.82) is 0 Å². The fraction of sp³-hybridized carbons (Fsp3) is 0.667. The van der Waals surface area contributed by atoms with E-state index in [1.807, 2.05) is 0 Å². The highest BCUT2D eigenvalue weighted by atomic mass is 19.4. The number of aromatic nitrogens is 2. The molecule has 0 aliphatic rings. The third-order valence-electron chi connectivity index (χ3n) is 1.28. The van der Waals surface area contributed by atoms with E-state index in [0.29, 0.717) is 0 Å². The summed E-state index contributed by atoms with van der Waals surface area (Å²) >= 11 is 0. The molecular formula is C6H8F3N3O2. The maximum absolute atomic E-state index is 11.9. The number of aliphatic hydroxyl groups is 1. The van der Waals surface area contributed by atoms with E-state index in [-0.39, 0.29) is 25.5 Å². The molecule has 1 aromatic rings. The normalized spacial score (nSPS) is 12.0. The zero-order chi connectivity index (χ0) is 10.6. The van der Waals surface area contributed by atoms with E-state index in [2.05, 4.69) is 20.0 Å². The van der Waals surface area contributed by atoms with Crippen LogP contribution >= 0.6 is 0 Å². The Morgan fingerprint density at radius 2 is 2.14 bits per heavy atom. The number of alkyl halides is 3. The highest BCUT2D eigenvalue weighted by Gasteiger charge is 2.38. The van der Waals surface area contributed by atoms with Crippen LogP contribution in [0.1, 0.15) is 11.7 Å². The van der Waals surface area contributed by atoms with Crippen LogP contribution in [0.2, 0.25) is 0 Å². The molecule has 0 radical (unpaired) electrons. The second kappa shape index (κ2) is 4.38. The van der Waals surface area contributed by atoms with Crippen LogP contribution in [-0.2, 0) is 12.7 Å². The Bertz CT molecular complexity index is 286. The minimum absolute atomic E-state index is 0.0279. The summed E-state index contributed by atoms with van der Waals surface area (Å²) in [6, 6.07) is 0. The topological polar surface area (TPSA) is 71.2 Å². The van der Waals surface area contributed by atoms with Gasteiger partial charge in [0.25, 0.3) is 0 Å².